The van der Waals surface area contributed by atoms with Gasteiger partial charge in [0.25, 0.3) is 11.1 Å². The Morgan fingerprint density at radius 3 is 2.71 bits per heavy atom. The van der Waals surface area contributed by atoms with Gasteiger partial charge in [-0.05, 0) is 43.5 Å². The zero-order chi connectivity index (χ0) is 20.3. The number of rotatable bonds is 7. The first-order chi connectivity index (χ1) is 13.3. The van der Waals surface area contributed by atoms with Gasteiger partial charge < -0.3 is 5.32 Å². The predicted molar refractivity (Wildman–Crippen MR) is 108 cm³/mol. The number of nitrogens with one attached hydrogen (secondary N) is 1. The van der Waals surface area contributed by atoms with Crippen LogP contribution in [0.2, 0.25) is 0 Å². The van der Waals surface area contributed by atoms with E-state index in [4.69, 9.17) is 0 Å². The molecule has 0 unspecified atom stereocenters. The predicted octanol–water partition coefficient (Wildman–Crippen LogP) is 2.76. The second kappa shape index (κ2) is 8.60. The van der Waals surface area contributed by atoms with Crippen molar-refractivity contribution in [3.8, 4) is 0 Å². The van der Waals surface area contributed by atoms with Gasteiger partial charge in [-0.25, -0.2) is 0 Å². The molecule has 7 nitrogen and oxygen atoms in total. The molecule has 0 radical (unpaired) electrons. The molecule has 1 N–H and O–H groups in total. The van der Waals surface area contributed by atoms with Crippen LogP contribution in [0.1, 0.15) is 34.2 Å². The van der Waals surface area contributed by atoms with E-state index in [1.54, 1.807) is 18.2 Å². The number of aromatic nitrogens is 2. The molecule has 1 fully saturated rings. The third kappa shape index (κ3) is 4.81. The van der Waals surface area contributed by atoms with Gasteiger partial charge in [0.2, 0.25) is 5.91 Å². The number of aryl methyl sites for hydroxylation is 2. The molecule has 2 heterocycles. The van der Waals surface area contributed by atoms with Crippen LogP contribution in [-0.2, 0) is 17.9 Å². The van der Waals surface area contributed by atoms with E-state index in [1.165, 1.54) is 4.90 Å². The second-order valence-electron chi connectivity index (χ2n) is 7.16. The highest BCUT2D eigenvalue weighted by Crippen LogP contribution is 2.21. The van der Waals surface area contributed by atoms with E-state index in [0.717, 1.165) is 35.3 Å². The van der Waals surface area contributed by atoms with E-state index in [1.807, 2.05) is 30.7 Å². The monoisotopic (exact) mass is 400 g/mol. The van der Waals surface area contributed by atoms with Gasteiger partial charge in [-0.3, -0.25) is 24.0 Å². The summed E-state index contributed by atoms with van der Waals surface area (Å²) < 4.78 is 1.95. The van der Waals surface area contributed by atoms with Crippen LogP contribution < -0.4 is 5.32 Å². The average molecular weight is 401 g/mol. The fraction of sp³-hybridized carbons (Fsp3) is 0.400. The highest BCUT2D eigenvalue weighted by Gasteiger charge is 2.29. The Kier molecular flexibility index (Phi) is 6.18. The van der Waals surface area contributed by atoms with Crippen molar-refractivity contribution < 1.29 is 14.4 Å². The number of carbonyl (C=O) groups excluding carboxylic acids is 3. The van der Waals surface area contributed by atoms with Crippen LogP contribution in [0.4, 0.5) is 4.79 Å². The van der Waals surface area contributed by atoms with Gasteiger partial charge in [0, 0.05) is 24.3 Å². The molecule has 1 saturated heterocycles. The molecule has 1 aromatic carbocycles. The summed E-state index contributed by atoms with van der Waals surface area (Å²) in [5.41, 5.74) is 3.36. The minimum atomic E-state index is -0.238. The van der Waals surface area contributed by atoms with E-state index in [0.29, 0.717) is 12.1 Å². The minimum absolute atomic E-state index is 0.171. The van der Waals surface area contributed by atoms with Crippen molar-refractivity contribution in [3.05, 3.63) is 52.8 Å². The lowest BCUT2D eigenvalue weighted by Gasteiger charge is -2.15. The summed E-state index contributed by atoms with van der Waals surface area (Å²) in [4.78, 5) is 37.2. The zero-order valence-corrected chi connectivity index (χ0v) is 17.1. The molecule has 148 valence electrons. The standard InChI is InChI=1S/C20H24N4O3S/c1-13(10-24-15(3)7-14(2)22-24)9-21-19(26)17-6-4-5-16(8-17)11-23-18(25)12-28-20(23)27/h4-8,13H,9-12H2,1-3H3,(H,21,26)/t13-/m0/s1. The maximum Gasteiger partial charge on any atom is 0.289 e. The van der Waals surface area contributed by atoms with Gasteiger partial charge >= 0.3 is 0 Å². The molecular formula is C20H24N4O3S. The molecular weight excluding hydrogens is 376 g/mol. The summed E-state index contributed by atoms with van der Waals surface area (Å²) in [6.45, 7) is 7.50. The third-order valence-electron chi connectivity index (χ3n) is 4.57. The topological polar surface area (TPSA) is 84.3 Å². The van der Waals surface area contributed by atoms with Crippen LogP contribution in [-0.4, -0.2) is 44.0 Å². The van der Waals surface area contributed by atoms with Crippen molar-refractivity contribution in [2.24, 2.45) is 5.92 Å². The maximum absolute atomic E-state index is 12.5. The Balaban J connectivity index is 1.56. The van der Waals surface area contributed by atoms with Crippen molar-refractivity contribution in [2.45, 2.75) is 33.9 Å². The molecule has 1 aliphatic rings. The first-order valence-corrected chi connectivity index (χ1v) is 10.2. The van der Waals surface area contributed by atoms with Gasteiger partial charge in [0.15, 0.2) is 0 Å². The van der Waals surface area contributed by atoms with Crippen molar-refractivity contribution in [1.82, 2.24) is 20.0 Å². The lowest BCUT2D eigenvalue weighted by Crippen LogP contribution is -2.31. The van der Waals surface area contributed by atoms with Crippen LogP contribution in [0.25, 0.3) is 0 Å². The Labute approximate surface area is 168 Å². The van der Waals surface area contributed by atoms with Gasteiger partial charge in [-0.2, -0.15) is 5.10 Å². The van der Waals surface area contributed by atoms with E-state index in [2.05, 4.69) is 17.3 Å². The average Bonchev–Trinajstić information content (AvgIpc) is 3.14. The molecule has 0 aliphatic carbocycles. The Morgan fingerprint density at radius 1 is 1.29 bits per heavy atom. The molecule has 3 amide bonds. The van der Waals surface area contributed by atoms with Crippen molar-refractivity contribution in [3.63, 3.8) is 0 Å². The number of imide groups is 1. The summed E-state index contributed by atoms with van der Waals surface area (Å²) in [5, 5.41) is 7.16. The molecule has 3 rings (SSSR count). The number of hydrogen-bond acceptors (Lipinski definition) is 5. The van der Waals surface area contributed by atoms with Crippen molar-refractivity contribution in [1.29, 1.82) is 0 Å². The second-order valence-corrected chi connectivity index (χ2v) is 8.09. The SMILES string of the molecule is Cc1cc(C)n(C[C@@H](C)CNC(=O)c2cccc(CN3C(=O)CSC3=O)c2)n1. The van der Waals surface area contributed by atoms with Crippen molar-refractivity contribution in [2.75, 3.05) is 12.3 Å². The molecule has 28 heavy (non-hydrogen) atoms. The van der Waals surface area contributed by atoms with Gasteiger partial charge in [0.1, 0.15) is 0 Å². The van der Waals surface area contributed by atoms with E-state index >= 15 is 0 Å². The lowest BCUT2D eigenvalue weighted by molar-refractivity contribution is -0.125. The molecule has 1 aromatic heterocycles. The van der Waals surface area contributed by atoms with E-state index in [9.17, 15) is 14.4 Å². The van der Waals surface area contributed by atoms with E-state index < -0.39 is 0 Å². The molecule has 0 saturated carbocycles. The van der Waals surface area contributed by atoms with Crippen LogP contribution >= 0.6 is 11.8 Å². The number of amides is 3. The van der Waals surface area contributed by atoms with E-state index in [-0.39, 0.29) is 35.3 Å². The number of nitrogens with zero attached hydrogens (tertiary/aromatic N) is 3. The lowest BCUT2D eigenvalue weighted by atomic mass is 10.1. The highest BCUT2D eigenvalue weighted by atomic mass is 32.2. The quantitative estimate of drug-likeness (QED) is 0.773. The molecule has 1 atom stereocenters. The first kappa shape index (κ1) is 20.1. The van der Waals surface area contributed by atoms with Crippen LogP contribution in [0.5, 0.6) is 0 Å². The normalized spacial score (nSPS) is 15.2. The van der Waals surface area contributed by atoms with Crippen molar-refractivity contribution >= 4 is 28.8 Å². The minimum Gasteiger partial charge on any atom is -0.352 e. The number of carbonyl (C=O) groups is 3. The molecule has 0 bridgehead atoms. The molecule has 1 aliphatic heterocycles. The molecule has 2 aromatic rings. The molecule has 0 spiro atoms. The fourth-order valence-electron chi connectivity index (χ4n) is 3.12. The summed E-state index contributed by atoms with van der Waals surface area (Å²) in [5.74, 6) is 0.0481. The maximum atomic E-state index is 12.5. The number of hydrogen-bond donors (Lipinski definition) is 1. The highest BCUT2D eigenvalue weighted by molar-refractivity contribution is 8.14. The summed E-state index contributed by atoms with van der Waals surface area (Å²) in [6.07, 6.45) is 0. The fourth-order valence-corrected chi connectivity index (χ4v) is 3.84. The van der Waals surface area contributed by atoms with Crippen LogP contribution in [0, 0.1) is 19.8 Å². The smallest absolute Gasteiger partial charge is 0.289 e. The van der Waals surface area contributed by atoms with Gasteiger partial charge in [-0.15, -0.1) is 0 Å². The number of thioether (sulfide) groups is 1. The largest absolute Gasteiger partial charge is 0.352 e. The van der Waals surface area contributed by atoms with Gasteiger partial charge in [-0.1, -0.05) is 30.8 Å². The summed E-state index contributed by atoms with van der Waals surface area (Å²) in [7, 11) is 0. The van der Waals surface area contributed by atoms with Gasteiger partial charge in [0.05, 0.1) is 18.0 Å². The zero-order valence-electron chi connectivity index (χ0n) is 16.3. The Morgan fingerprint density at radius 2 is 2.07 bits per heavy atom. The summed E-state index contributed by atoms with van der Waals surface area (Å²) in [6, 6.07) is 9.07. The van der Waals surface area contributed by atoms with Crippen LogP contribution in [0.3, 0.4) is 0 Å². The third-order valence-corrected chi connectivity index (χ3v) is 5.43. The van der Waals surface area contributed by atoms with Crippen LogP contribution in [0.15, 0.2) is 30.3 Å². The summed E-state index contributed by atoms with van der Waals surface area (Å²) >= 11 is 1.01. The first-order valence-electron chi connectivity index (χ1n) is 9.19. The molecule has 8 heteroatoms. The number of benzene rings is 1. The Bertz CT molecular complexity index is 893. The Hall–Kier alpha value is -2.61.